The highest BCUT2D eigenvalue weighted by Crippen LogP contribution is 2.38. The molecule has 0 bridgehead atoms. The Morgan fingerprint density at radius 1 is 1.22 bits per heavy atom. The molecular formula is C19H29N3O. The summed E-state index contributed by atoms with van der Waals surface area (Å²) in [4.78, 5) is 5.26. The Morgan fingerprint density at radius 2 is 2.04 bits per heavy atom. The summed E-state index contributed by atoms with van der Waals surface area (Å²) in [6.07, 6.45) is 2.34. The smallest absolute Gasteiger partial charge is 0.127 e. The van der Waals surface area contributed by atoms with Crippen LogP contribution in [0.4, 0.5) is 0 Å². The first-order valence-electron chi connectivity index (χ1n) is 9.08. The molecule has 2 fully saturated rings. The summed E-state index contributed by atoms with van der Waals surface area (Å²) in [5, 5.41) is 3.48. The summed E-state index contributed by atoms with van der Waals surface area (Å²) in [7, 11) is 0. The van der Waals surface area contributed by atoms with Crippen molar-refractivity contribution < 1.29 is 4.74 Å². The minimum absolute atomic E-state index is 0.0490. The van der Waals surface area contributed by atoms with Crippen molar-refractivity contribution in [1.29, 1.82) is 0 Å². The van der Waals surface area contributed by atoms with Crippen LogP contribution in [-0.4, -0.2) is 60.7 Å². The van der Waals surface area contributed by atoms with Gasteiger partial charge in [-0.3, -0.25) is 9.80 Å². The predicted molar refractivity (Wildman–Crippen MR) is 93.0 cm³/mol. The molecule has 4 rings (SSSR count). The molecule has 0 aliphatic carbocycles. The van der Waals surface area contributed by atoms with Crippen LogP contribution in [0.5, 0.6) is 5.75 Å². The number of hydrogen-bond donors (Lipinski definition) is 1. The highest BCUT2D eigenvalue weighted by molar-refractivity contribution is 5.45. The average molecular weight is 315 g/mol. The lowest BCUT2D eigenvalue weighted by molar-refractivity contribution is 0.0953. The fourth-order valence-corrected chi connectivity index (χ4v) is 4.28. The number of fused-ring (bicyclic) bond motifs is 1. The van der Waals surface area contributed by atoms with Gasteiger partial charge in [0.25, 0.3) is 0 Å². The molecule has 0 saturated carbocycles. The second-order valence-electron chi connectivity index (χ2n) is 7.90. The number of piperazine rings is 1. The highest BCUT2D eigenvalue weighted by Gasteiger charge is 2.32. The molecule has 1 N–H and O–H groups in total. The highest BCUT2D eigenvalue weighted by atomic mass is 16.5. The Labute approximate surface area is 139 Å². The van der Waals surface area contributed by atoms with Crippen molar-refractivity contribution in [1.82, 2.24) is 15.1 Å². The summed E-state index contributed by atoms with van der Waals surface area (Å²) < 4.78 is 6.22. The number of hydrogen-bond acceptors (Lipinski definition) is 4. The van der Waals surface area contributed by atoms with E-state index in [1.54, 1.807) is 0 Å². The maximum atomic E-state index is 6.22. The van der Waals surface area contributed by atoms with E-state index in [2.05, 4.69) is 47.2 Å². The summed E-state index contributed by atoms with van der Waals surface area (Å²) in [6, 6.07) is 7.42. The first-order chi connectivity index (χ1) is 11.1. The van der Waals surface area contributed by atoms with Crippen LogP contribution in [0, 0.1) is 0 Å². The molecule has 126 valence electrons. The topological polar surface area (TPSA) is 27.7 Å². The number of ether oxygens (including phenoxy) is 1. The van der Waals surface area contributed by atoms with Gasteiger partial charge in [0, 0.05) is 57.3 Å². The normalized spacial score (nSPS) is 27.8. The van der Waals surface area contributed by atoms with E-state index >= 15 is 0 Å². The van der Waals surface area contributed by atoms with Crippen LogP contribution in [0.2, 0.25) is 0 Å². The summed E-state index contributed by atoms with van der Waals surface area (Å²) in [5.41, 5.74) is 2.69. The standard InChI is InChI=1S/C19H29N3O/c1-19(2)12-15-4-3-5-16(18(15)23-19)14-21-8-10-22(11-9-21)17-6-7-20-13-17/h3-5,17,20H,6-14H2,1-2H3. The van der Waals surface area contributed by atoms with Crippen molar-refractivity contribution in [3.8, 4) is 5.75 Å². The minimum Gasteiger partial charge on any atom is -0.487 e. The fourth-order valence-electron chi connectivity index (χ4n) is 4.28. The Balaban J connectivity index is 1.38. The van der Waals surface area contributed by atoms with Gasteiger partial charge in [-0.05, 0) is 32.4 Å². The van der Waals surface area contributed by atoms with E-state index in [-0.39, 0.29) is 5.60 Å². The first-order valence-corrected chi connectivity index (χ1v) is 9.08. The number of rotatable bonds is 3. The Hall–Kier alpha value is -1.10. The van der Waals surface area contributed by atoms with Crippen LogP contribution < -0.4 is 10.1 Å². The molecule has 1 aromatic carbocycles. The van der Waals surface area contributed by atoms with Crippen LogP contribution in [0.25, 0.3) is 0 Å². The molecule has 0 aromatic heterocycles. The number of nitrogens with one attached hydrogen (secondary N) is 1. The van der Waals surface area contributed by atoms with Crippen molar-refractivity contribution in [2.75, 3.05) is 39.3 Å². The molecule has 4 heteroatoms. The maximum Gasteiger partial charge on any atom is 0.127 e. The van der Waals surface area contributed by atoms with Crippen molar-refractivity contribution in [2.45, 2.75) is 44.9 Å². The van der Waals surface area contributed by atoms with E-state index in [1.165, 1.54) is 56.8 Å². The van der Waals surface area contributed by atoms with Crippen LogP contribution in [0.3, 0.4) is 0 Å². The zero-order valence-corrected chi connectivity index (χ0v) is 14.5. The Kier molecular flexibility index (Phi) is 4.08. The third kappa shape index (κ3) is 3.25. The minimum atomic E-state index is -0.0490. The van der Waals surface area contributed by atoms with Crippen LogP contribution in [-0.2, 0) is 13.0 Å². The van der Waals surface area contributed by atoms with Crippen LogP contribution in [0.15, 0.2) is 18.2 Å². The van der Waals surface area contributed by atoms with Crippen LogP contribution in [0.1, 0.15) is 31.4 Å². The molecule has 2 saturated heterocycles. The van der Waals surface area contributed by atoms with Gasteiger partial charge in [0.05, 0.1) is 0 Å². The maximum absolute atomic E-state index is 6.22. The second kappa shape index (κ2) is 6.08. The summed E-state index contributed by atoms with van der Waals surface area (Å²) in [6.45, 7) is 12.5. The van der Waals surface area contributed by atoms with E-state index in [4.69, 9.17) is 4.74 Å². The summed E-state index contributed by atoms with van der Waals surface area (Å²) in [5.74, 6) is 1.15. The average Bonchev–Trinajstić information content (AvgIpc) is 3.15. The van der Waals surface area contributed by atoms with Gasteiger partial charge in [0.2, 0.25) is 0 Å². The second-order valence-corrected chi connectivity index (χ2v) is 7.90. The Morgan fingerprint density at radius 3 is 2.78 bits per heavy atom. The molecule has 3 aliphatic rings. The third-order valence-corrected chi connectivity index (χ3v) is 5.52. The molecule has 1 unspecified atom stereocenters. The van der Waals surface area contributed by atoms with E-state index in [0.29, 0.717) is 0 Å². The van der Waals surface area contributed by atoms with Crippen molar-refractivity contribution >= 4 is 0 Å². The molecule has 1 atom stereocenters. The molecule has 0 spiro atoms. The number of nitrogens with zero attached hydrogens (tertiary/aromatic N) is 2. The quantitative estimate of drug-likeness (QED) is 0.922. The third-order valence-electron chi connectivity index (χ3n) is 5.52. The number of benzene rings is 1. The fraction of sp³-hybridized carbons (Fsp3) is 0.684. The van der Waals surface area contributed by atoms with E-state index in [9.17, 15) is 0 Å². The zero-order chi connectivity index (χ0) is 15.9. The van der Waals surface area contributed by atoms with E-state index < -0.39 is 0 Å². The van der Waals surface area contributed by atoms with Crippen molar-refractivity contribution in [3.05, 3.63) is 29.3 Å². The SMILES string of the molecule is CC1(C)Cc2cccc(CN3CCN(C4CCNC4)CC3)c2O1. The largest absolute Gasteiger partial charge is 0.487 e. The lowest BCUT2D eigenvalue weighted by Crippen LogP contribution is -2.50. The number of para-hydroxylation sites is 1. The van der Waals surface area contributed by atoms with Crippen LogP contribution >= 0.6 is 0 Å². The Bertz CT molecular complexity index is 558. The molecule has 3 aliphatic heterocycles. The van der Waals surface area contributed by atoms with Gasteiger partial charge in [-0.2, -0.15) is 0 Å². The van der Waals surface area contributed by atoms with Crippen molar-refractivity contribution in [2.24, 2.45) is 0 Å². The van der Waals surface area contributed by atoms with Gasteiger partial charge in [0.15, 0.2) is 0 Å². The van der Waals surface area contributed by atoms with E-state index in [1.807, 2.05) is 0 Å². The predicted octanol–water partition coefficient (Wildman–Crippen LogP) is 1.88. The molecule has 0 radical (unpaired) electrons. The molecular weight excluding hydrogens is 286 g/mol. The molecule has 4 nitrogen and oxygen atoms in total. The van der Waals surface area contributed by atoms with Crippen molar-refractivity contribution in [3.63, 3.8) is 0 Å². The summed E-state index contributed by atoms with van der Waals surface area (Å²) >= 11 is 0. The lowest BCUT2D eigenvalue weighted by atomic mass is 10.0. The van der Waals surface area contributed by atoms with Gasteiger partial charge in [-0.1, -0.05) is 18.2 Å². The molecule has 23 heavy (non-hydrogen) atoms. The van der Waals surface area contributed by atoms with Gasteiger partial charge >= 0.3 is 0 Å². The van der Waals surface area contributed by atoms with Gasteiger partial charge in [-0.25, -0.2) is 0 Å². The molecule has 1 aromatic rings. The molecule has 0 amide bonds. The van der Waals surface area contributed by atoms with Gasteiger partial charge in [0.1, 0.15) is 11.4 Å². The zero-order valence-electron chi connectivity index (χ0n) is 14.5. The first kappa shape index (κ1) is 15.4. The lowest BCUT2D eigenvalue weighted by Gasteiger charge is -2.38. The molecule has 3 heterocycles. The van der Waals surface area contributed by atoms with Gasteiger partial charge in [-0.15, -0.1) is 0 Å². The van der Waals surface area contributed by atoms with Gasteiger partial charge < -0.3 is 10.1 Å². The van der Waals surface area contributed by atoms with E-state index in [0.717, 1.165) is 24.8 Å². The monoisotopic (exact) mass is 315 g/mol.